The number of ether oxygens (including phenoxy) is 1. The Bertz CT molecular complexity index is 397. The van der Waals surface area contributed by atoms with E-state index in [1.54, 1.807) is 0 Å². The Balaban J connectivity index is 2.14. The van der Waals surface area contributed by atoms with E-state index in [1.807, 2.05) is 11.8 Å². The van der Waals surface area contributed by atoms with E-state index in [2.05, 4.69) is 15.4 Å². The maximum absolute atomic E-state index is 13.7. The second-order valence-electron chi connectivity index (χ2n) is 4.18. The number of likely N-dealkylation sites (N-methyl/N-ethyl adjacent to an activating group) is 1. The van der Waals surface area contributed by atoms with Crippen molar-refractivity contribution in [1.82, 2.24) is 9.97 Å². The molecule has 1 aliphatic rings. The molecular weight excluding hydrogens is 237 g/mol. The van der Waals surface area contributed by atoms with Crippen molar-refractivity contribution in [2.75, 3.05) is 30.0 Å². The first-order chi connectivity index (χ1) is 8.74. The number of hydrogen-bond donors (Lipinski definition) is 2. The molecule has 18 heavy (non-hydrogen) atoms. The molecule has 7 heteroatoms. The average molecular weight is 255 g/mol. The lowest BCUT2D eigenvalue weighted by molar-refractivity contribution is 0.115. The fourth-order valence-corrected chi connectivity index (χ4v) is 2.05. The van der Waals surface area contributed by atoms with E-state index in [1.165, 1.54) is 0 Å². The molecule has 2 heterocycles. The van der Waals surface area contributed by atoms with Gasteiger partial charge >= 0.3 is 0 Å². The molecule has 100 valence electrons. The molecule has 1 aromatic rings. The number of nitrogen functional groups attached to an aromatic ring is 1. The van der Waals surface area contributed by atoms with E-state index < -0.39 is 5.82 Å². The van der Waals surface area contributed by atoms with E-state index in [0.717, 1.165) is 25.6 Å². The number of anilines is 2. The van der Waals surface area contributed by atoms with Crippen LogP contribution in [-0.4, -0.2) is 35.8 Å². The van der Waals surface area contributed by atoms with Crippen LogP contribution in [0.1, 0.15) is 19.8 Å². The number of hydrogen-bond acceptors (Lipinski definition) is 6. The van der Waals surface area contributed by atoms with E-state index >= 15 is 0 Å². The lowest BCUT2D eigenvalue weighted by Crippen LogP contribution is -2.33. The molecule has 1 atom stereocenters. The minimum atomic E-state index is -0.450. The van der Waals surface area contributed by atoms with Crippen LogP contribution in [-0.2, 0) is 4.74 Å². The van der Waals surface area contributed by atoms with Gasteiger partial charge in [0.25, 0.3) is 0 Å². The van der Waals surface area contributed by atoms with Gasteiger partial charge in [-0.2, -0.15) is 4.98 Å². The highest BCUT2D eigenvalue weighted by Gasteiger charge is 2.21. The summed E-state index contributed by atoms with van der Waals surface area (Å²) < 4.78 is 19.3. The number of rotatable bonds is 5. The van der Waals surface area contributed by atoms with Crippen molar-refractivity contribution in [3.05, 3.63) is 12.0 Å². The van der Waals surface area contributed by atoms with Crippen molar-refractivity contribution in [3.8, 4) is 0 Å². The highest BCUT2D eigenvalue weighted by molar-refractivity contribution is 5.43. The summed E-state index contributed by atoms with van der Waals surface area (Å²) in [7, 11) is 0. The highest BCUT2D eigenvalue weighted by Crippen LogP contribution is 2.20. The molecule has 0 aliphatic carbocycles. The molecule has 1 fully saturated rings. The summed E-state index contributed by atoms with van der Waals surface area (Å²) in [5.41, 5.74) is 2.32. The molecule has 1 aliphatic heterocycles. The summed E-state index contributed by atoms with van der Waals surface area (Å²) in [6, 6.07) is 0. The predicted molar refractivity (Wildman–Crippen MR) is 66.7 cm³/mol. The van der Waals surface area contributed by atoms with E-state index in [4.69, 9.17) is 10.6 Å². The fraction of sp³-hybridized carbons (Fsp3) is 0.636. The molecule has 6 nitrogen and oxygen atoms in total. The molecule has 0 saturated carbocycles. The van der Waals surface area contributed by atoms with Crippen LogP contribution in [0.4, 0.5) is 16.2 Å². The van der Waals surface area contributed by atoms with Crippen molar-refractivity contribution < 1.29 is 9.13 Å². The normalized spacial score (nSPS) is 18.9. The molecular formula is C11H18FN5O. The molecule has 0 spiro atoms. The van der Waals surface area contributed by atoms with Crippen molar-refractivity contribution in [2.24, 2.45) is 5.84 Å². The van der Waals surface area contributed by atoms with Crippen LogP contribution in [0.2, 0.25) is 0 Å². The third-order valence-electron chi connectivity index (χ3n) is 2.98. The summed E-state index contributed by atoms with van der Waals surface area (Å²) in [4.78, 5) is 9.62. The quantitative estimate of drug-likeness (QED) is 0.601. The Morgan fingerprint density at radius 3 is 3.11 bits per heavy atom. The van der Waals surface area contributed by atoms with Gasteiger partial charge in [0.15, 0.2) is 11.6 Å². The van der Waals surface area contributed by atoms with Gasteiger partial charge in [0.05, 0.1) is 12.3 Å². The third-order valence-corrected chi connectivity index (χ3v) is 2.98. The monoisotopic (exact) mass is 255 g/mol. The van der Waals surface area contributed by atoms with Gasteiger partial charge in [0.2, 0.25) is 5.95 Å². The number of hydrazine groups is 1. The molecule has 3 N–H and O–H groups in total. The van der Waals surface area contributed by atoms with Crippen LogP contribution in [0.15, 0.2) is 6.20 Å². The molecule has 0 bridgehead atoms. The van der Waals surface area contributed by atoms with Crippen molar-refractivity contribution in [1.29, 1.82) is 0 Å². The Morgan fingerprint density at radius 2 is 2.50 bits per heavy atom. The number of nitrogens with zero attached hydrogens (tertiary/aromatic N) is 3. The van der Waals surface area contributed by atoms with Crippen LogP contribution >= 0.6 is 0 Å². The second kappa shape index (κ2) is 5.92. The number of nitrogens with one attached hydrogen (secondary N) is 1. The number of aromatic nitrogens is 2. The van der Waals surface area contributed by atoms with Crippen LogP contribution in [0.3, 0.4) is 0 Å². The zero-order valence-electron chi connectivity index (χ0n) is 10.4. The molecule has 0 aromatic carbocycles. The summed E-state index contributed by atoms with van der Waals surface area (Å²) in [5, 5.41) is 0. The Hall–Kier alpha value is -1.47. The molecule has 0 amide bonds. The summed E-state index contributed by atoms with van der Waals surface area (Å²) in [6.45, 7) is 4.02. The maximum Gasteiger partial charge on any atom is 0.239 e. The van der Waals surface area contributed by atoms with Gasteiger partial charge in [0.1, 0.15) is 0 Å². The zero-order chi connectivity index (χ0) is 13.0. The Kier molecular flexibility index (Phi) is 4.27. The maximum atomic E-state index is 13.7. The van der Waals surface area contributed by atoms with Crippen LogP contribution < -0.4 is 16.2 Å². The Morgan fingerprint density at radius 1 is 1.67 bits per heavy atom. The smallest absolute Gasteiger partial charge is 0.239 e. The molecule has 1 aromatic heterocycles. The van der Waals surface area contributed by atoms with Gasteiger partial charge in [-0.3, -0.25) is 5.43 Å². The van der Waals surface area contributed by atoms with Gasteiger partial charge in [0, 0.05) is 19.7 Å². The number of nitrogens with two attached hydrogens (primary N) is 1. The summed E-state index contributed by atoms with van der Waals surface area (Å²) >= 11 is 0. The van der Waals surface area contributed by atoms with Gasteiger partial charge < -0.3 is 9.64 Å². The van der Waals surface area contributed by atoms with Gasteiger partial charge in [-0.25, -0.2) is 15.2 Å². The van der Waals surface area contributed by atoms with E-state index in [0.29, 0.717) is 13.1 Å². The third kappa shape index (κ3) is 2.85. The fourth-order valence-electron chi connectivity index (χ4n) is 2.05. The molecule has 2 rings (SSSR count). The molecule has 0 radical (unpaired) electrons. The first kappa shape index (κ1) is 13.0. The van der Waals surface area contributed by atoms with Crippen molar-refractivity contribution in [3.63, 3.8) is 0 Å². The zero-order valence-corrected chi connectivity index (χ0v) is 10.4. The largest absolute Gasteiger partial charge is 0.376 e. The summed E-state index contributed by atoms with van der Waals surface area (Å²) in [6.07, 6.45) is 3.33. The molecule has 1 unspecified atom stereocenters. The van der Waals surface area contributed by atoms with Crippen LogP contribution in [0, 0.1) is 5.82 Å². The van der Waals surface area contributed by atoms with E-state index in [-0.39, 0.29) is 17.9 Å². The topological polar surface area (TPSA) is 76.3 Å². The van der Waals surface area contributed by atoms with Crippen LogP contribution in [0.25, 0.3) is 0 Å². The Labute approximate surface area is 105 Å². The van der Waals surface area contributed by atoms with Crippen LogP contribution in [0.5, 0.6) is 0 Å². The lowest BCUT2D eigenvalue weighted by atomic mass is 10.2. The average Bonchev–Trinajstić information content (AvgIpc) is 2.90. The SMILES string of the molecule is CCN(CC1CCCO1)c1nc(NN)ncc1F. The minimum Gasteiger partial charge on any atom is -0.376 e. The van der Waals surface area contributed by atoms with Crippen molar-refractivity contribution in [2.45, 2.75) is 25.9 Å². The lowest BCUT2D eigenvalue weighted by Gasteiger charge is -2.25. The van der Waals surface area contributed by atoms with Gasteiger partial charge in [-0.15, -0.1) is 0 Å². The van der Waals surface area contributed by atoms with Gasteiger partial charge in [-0.1, -0.05) is 0 Å². The first-order valence-electron chi connectivity index (χ1n) is 6.10. The molecule has 1 saturated heterocycles. The standard InChI is InChI=1S/C11H18FN5O/c1-2-17(7-8-4-3-5-18-8)10-9(12)6-14-11(15-10)16-13/h6,8H,2-5,7,13H2,1H3,(H,14,15,16). The minimum absolute atomic E-state index is 0.147. The highest BCUT2D eigenvalue weighted by atomic mass is 19.1. The second-order valence-corrected chi connectivity index (χ2v) is 4.18. The first-order valence-corrected chi connectivity index (χ1v) is 6.10. The predicted octanol–water partition coefficient (Wildman–Crippen LogP) is 0.907. The number of halogens is 1. The van der Waals surface area contributed by atoms with Gasteiger partial charge in [-0.05, 0) is 19.8 Å². The summed E-state index contributed by atoms with van der Waals surface area (Å²) in [5.74, 6) is 5.25. The van der Waals surface area contributed by atoms with E-state index in [9.17, 15) is 4.39 Å². The van der Waals surface area contributed by atoms with Crippen molar-refractivity contribution >= 4 is 11.8 Å².